The van der Waals surface area contributed by atoms with Crippen molar-refractivity contribution in [2.45, 2.75) is 45.2 Å². The van der Waals surface area contributed by atoms with Crippen LogP contribution in [0.4, 0.5) is 0 Å². The summed E-state index contributed by atoms with van der Waals surface area (Å²) in [4.78, 5) is 14.8. The lowest BCUT2D eigenvalue weighted by Crippen LogP contribution is -2.48. The topological polar surface area (TPSA) is 38.8 Å². The van der Waals surface area contributed by atoms with E-state index < -0.39 is 54.1 Å². The summed E-state index contributed by atoms with van der Waals surface area (Å²) in [6.45, 7) is 0.267. The number of methoxy groups -OCH3 is 1. The molecule has 0 bridgehead atoms. The van der Waals surface area contributed by atoms with E-state index in [1.165, 1.54) is 27.0 Å². The second-order valence-electron chi connectivity index (χ2n) is 6.66. The molecule has 1 fully saturated rings. The van der Waals surface area contributed by atoms with Crippen molar-refractivity contribution in [3.63, 3.8) is 0 Å². The molecule has 1 saturated heterocycles. The van der Waals surface area contributed by atoms with Crippen molar-refractivity contribution in [3.8, 4) is 11.5 Å². The van der Waals surface area contributed by atoms with Crippen molar-refractivity contribution in [3.05, 3.63) is 58.5 Å². The van der Waals surface area contributed by atoms with Gasteiger partial charge >= 0.3 is 0 Å². The molecule has 1 aliphatic heterocycles. The molecular formula is C22H26ClNO3. The summed E-state index contributed by atoms with van der Waals surface area (Å²) in [7, 11) is 1.42. The molecule has 27 heavy (non-hydrogen) atoms. The molecule has 0 unspecified atom stereocenters. The number of carbonyl (C=O) groups excluding carboxylic acids is 1. The van der Waals surface area contributed by atoms with Crippen LogP contribution in [0.1, 0.15) is 54.8 Å². The van der Waals surface area contributed by atoms with E-state index in [-0.39, 0.29) is 24.3 Å². The Balaban J connectivity index is 2.06. The van der Waals surface area contributed by atoms with Gasteiger partial charge in [-0.3, -0.25) is 4.79 Å². The fraction of sp³-hybridized carbons (Fsp3) is 0.409. The second-order valence-corrected chi connectivity index (χ2v) is 7.10. The SMILES string of the molecule is [2H]c1c([2H])c([C@]2([2H])CCCN2C(=O)C(C)(C)Oc2ccc(Cl)cc2OC)c([2H])c([2H])c1C([2H])([2H])[2H]. The highest BCUT2D eigenvalue weighted by molar-refractivity contribution is 6.30. The Morgan fingerprint density at radius 3 is 2.74 bits per heavy atom. The first-order valence-electron chi connectivity index (χ1n) is 12.5. The lowest BCUT2D eigenvalue weighted by Gasteiger charge is -2.34. The smallest absolute Gasteiger partial charge is 0.266 e. The predicted molar refractivity (Wildman–Crippen MR) is 108 cm³/mol. The first-order valence-corrected chi connectivity index (χ1v) is 8.90. The number of ether oxygens (including phenoxy) is 2. The molecule has 144 valence electrons. The second kappa shape index (κ2) is 7.81. The Hall–Kier alpha value is -2.20. The van der Waals surface area contributed by atoms with Crippen molar-refractivity contribution in [1.82, 2.24) is 4.90 Å². The van der Waals surface area contributed by atoms with E-state index in [0.717, 1.165) is 4.90 Å². The number of hydrogen-bond acceptors (Lipinski definition) is 3. The molecule has 1 atom stereocenters. The minimum absolute atomic E-state index is 0.0445. The van der Waals surface area contributed by atoms with Gasteiger partial charge in [-0.05, 0) is 51.2 Å². The Kier molecular flexibility index (Phi) is 3.36. The van der Waals surface area contributed by atoms with Gasteiger partial charge in [-0.15, -0.1) is 0 Å². The van der Waals surface area contributed by atoms with Gasteiger partial charge in [0.15, 0.2) is 17.1 Å². The summed E-state index contributed by atoms with van der Waals surface area (Å²) < 4.78 is 76.4. The van der Waals surface area contributed by atoms with Gasteiger partial charge in [0.2, 0.25) is 0 Å². The van der Waals surface area contributed by atoms with Gasteiger partial charge < -0.3 is 14.4 Å². The van der Waals surface area contributed by atoms with Crippen LogP contribution in [0.2, 0.25) is 5.02 Å². The van der Waals surface area contributed by atoms with Gasteiger partial charge in [-0.1, -0.05) is 41.3 Å². The van der Waals surface area contributed by atoms with Crippen LogP contribution in [0, 0.1) is 6.85 Å². The third-order valence-corrected chi connectivity index (χ3v) is 4.52. The molecule has 0 saturated carbocycles. The van der Waals surface area contributed by atoms with Crippen molar-refractivity contribution in [2.24, 2.45) is 0 Å². The molecule has 5 heteroatoms. The monoisotopic (exact) mass is 395 g/mol. The van der Waals surface area contributed by atoms with Crippen LogP contribution in [0.15, 0.2) is 42.4 Å². The van der Waals surface area contributed by atoms with E-state index in [4.69, 9.17) is 32.0 Å². The number of halogens is 1. The lowest BCUT2D eigenvalue weighted by atomic mass is 10.0. The average molecular weight is 396 g/mol. The van der Waals surface area contributed by atoms with Crippen molar-refractivity contribution >= 4 is 17.5 Å². The summed E-state index contributed by atoms with van der Waals surface area (Å²) in [5, 5.41) is 0.409. The highest BCUT2D eigenvalue weighted by Crippen LogP contribution is 2.37. The Morgan fingerprint density at radius 1 is 1.33 bits per heavy atom. The first kappa shape index (κ1) is 11.6. The number of benzene rings is 2. The predicted octanol–water partition coefficient (Wildman–Crippen LogP) is 5.18. The maximum Gasteiger partial charge on any atom is 0.266 e. The van der Waals surface area contributed by atoms with Gasteiger partial charge in [-0.25, -0.2) is 0 Å². The maximum atomic E-state index is 13.7. The van der Waals surface area contributed by atoms with Crippen LogP contribution in [0.5, 0.6) is 11.5 Å². The minimum Gasteiger partial charge on any atom is -0.493 e. The summed E-state index contributed by atoms with van der Waals surface area (Å²) in [6.07, 6.45) is 0.416. The van der Waals surface area contributed by atoms with E-state index in [1.54, 1.807) is 12.1 Å². The molecule has 0 spiro atoms. The Morgan fingerprint density at radius 2 is 2.07 bits per heavy atom. The number of nitrogens with zero attached hydrogens (tertiary/aromatic N) is 1. The summed E-state index contributed by atoms with van der Waals surface area (Å²) in [5.74, 6) is -0.0631. The van der Waals surface area contributed by atoms with E-state index in [0.29, 0.717) is 17.2 Å². The fourth-order valence-corrected chi connectivity index (χ4v) is 3.15. The standard InChI is InChI=1S/C22H26ClNO3/c1-15-7-9-16(10-8-15)18-6-5-13-24(18)21(25)22(2,3)27-19-12-11-17(23)14-20(19)26-4/h7-12,14,18H,5-6,13H2,1-4H3/t18-/m0/s1/i1D3,7D,8D,9D,10D,18D. The van der Waals surface area contributed by atoms with Crippen LogP contribution in [-0.4, -0.2) is 30.1 Å². The Labute approximate surface area is 177 Å². The van der Waals surface area contributed by atoms with E-state index >= 15 is 0 Å². The summed E-state index contributed by atoms with van der Waals surface area (Å²) >= 11 is 6.00. The molecule has 3 rings (SSSR count). The largest absolute Gasteiger partial charge is 0.493 e. The quantitative estimate of drug-likeness (QED) is 0.700. The van der Waals surface area contributed by atoms with Crippen LogP contribution in [-0.2, 0) is 4.79 Å². The molecule has 2 aromatic carbocycles. The normalized spacial score (nSPS) is 24.5. The van der Waals surface area contributed by atoms with Crippen LogP contribution < -0.4 is 9.47 Å². The van der Waals surface area contributed by atoms with Gasteiger partial charge in [0.05, 0.1) is 20.0 Å². The Bertz CT molecular complexity index is 1140. The zero-order chi connectivity index (χ0) is 26.5. The zero-order valence-corrected chi connectivity index (χ0v) is 16.2. The molecule has 2 aromatic rings. The molecule has 0 aromatic heterocycles. The van der Waals surface area contributed by atoms with Gasteiger partial charge in [-0.2, -0.15) is 0 Å². The average Bonchev–Trinajstić information content (AvgIpc) is 3.13. The van der Waals surface area contributed by atoms with Crippen molar-refractivity contribution in [2.75, 3.05) is 13.7 Å². The molecule has 1 heterocycles. The van der Waals surface area contributed by atoms with Crippen LogP contribution in [0.25, 0.3) is 0 Å². The number of carbonyl (C=O) groups is 1. The van der Waals surface area contributed by atoms with Gasteiger partial charge in [0, 0.05) is 21.7 Å². The fourth-order valence-electron chi connectivity index (χ4n) is 2.98. The molecular weight excluding hydrogens is 362 g/mol. The van der Waals surface area contributed by atoms with Crippen LogP contribution >= 0.6 is 11.6 Å². The van der Waals surface area contributed by atoms with Crippen molar-refractivity contribution in [1.29, 1.82) is 0 Å². The third-order valence-electron chi connectivity index (χ3n) is 4.29. The molecule has 0 aliphatic carbocycles. The van der Waals surface area contributed by atoms with E-state index in [2.05, 4.69) is 0 Å². The van der Waals surface area contributed by atoms with E-state index in [9.17, 15) is 4.79 Å². The number of amides is 1. The van der Waals surface area contributed by atoms with Crippen molar-refractivity contribution < 1.29 is 25.2 Å². The zero-order valence-electron chi connectivity index (χ0n) is 23.4. The number of likely N-dealkylation sites (tertiary alicyclic amines) is 1. The number of hydrogen-bond donors (Lipinski definition) is 0. The minimum atomic E-state index is -2.87. The summed E-state index contributed by atoms with van der Waals surface area (Å²) in [6, 6.07) is -0.0873. The summed E-state index contributed by atoms with van der Waals surface area (Å²) in [5.41, 5.74) is -2.56. The lowest BCUT2D eigenvalue weighted by molar-refractivity contribution is -0.146. The molecule has 0 radical (unpaired) electrons. The molecule has 0 N–H and O–H groups in total. The molecule has 1 aliphatic rings. The van der Waals surface area contributed by atoms with Crippen LogP contribution in [0.3, 0.4) is 0 Å². The maximum absolute atomic E-state index is 13.7. The highest BCUT2D eigenvalue weighted by Gasteiger charge is 2.40. The highest BCUT2D eigenvalue weighted by atomic mass is 35.5. The first-order chi connectivity index (χ1) is 16.1. The molecule has 1 amide bonds. The number of rotatable bonds is 5. The van der Waals surface area contributed by atoms with Gasteiger partial charge in [0.25, 0.3) is 5.91 Å². The van der Waals surface area contributed by atoms with Gasteiger partial charge in [0.1, 0.15) is 0 Å². The van der Waals surface area contributed by atoms with E-state index in [1.807, 2.05) is 0 Å². The molecule has 4 nitrogen and oxygen atoms in total. The third kappa shape index (κ3) is 4.22.